The molecule has 1 unspecified atom stereocenters. The molecule has 6 heteroatoms. The van der Waals surface area contributed by atoms with E-state index in [0.717, 1.165) is 16.7 Å². The largest absolute Gasteiger partial charge is 0.325 e. The Balaban J connectivity index is 1.73. The molecular weight excluding hydrogens is 320 g/mol. The molecule has 0 saturated heterocycles. The molecule has 0 fully saturated rings. The first-order valence-corrected chi connectivity index (χ1v) is 7.19. The molecule has 2 aromatic rings. The number of aromatic nitrogens is 2. The number of anilines is 1. The lowest BCUT2D eigenvalue weighted by Crippen LogP contribution is -2.36. The number of amides is 1. The van der Waals surface area contributed by atoms with E-state index < -0.39 is 0 Å². The summed E-state index contributed by atoms with van der Waals surface area (Å²) in [7, 11) is 0. The van der Waals surface area contributed by atoms with Gasteiger partial charge in [-0.3, -0.25) is 9.48 Å². The fraction of sp³-hybridized carbons (Fsp3) is 0.286. The highest BCUT2D eigenvalue weighted by atomic mass is 79.9. The third-order valence-electron chi connectivity index (χ3n) is 2.76. The first-order valence-electron chi connectivity index (χ1n) is 6.40. The Morgan fingerprint density at radius 2 is 2.15 bits per heavy atom. The van der Waals surface area contributed by atoms with Crippen LogP contribution in [0.3, 0.4) is 0 Å². The molecule has 106 valence electrons. The van der Waals surface area contributed by atoms with Gasteiger partial charge < -0.3 is 10.6 Å². The Bertz CT molecular complexity index is 539. The predicted octanol–water partition coefficient (Wildman–Crippen LogP) is 2.26. The van der Waals surface area contributed by atoms with Gasteiger partial charge in [-0.1, -0.05) is 15.9 Å². The van der Waals surface area contributed by atoms with Gasteiger partial charge in [-0.15, -0.1) is 0 Å². The van der Waals surface area contributed by atoms with Gasteiger partial charge in [0, 0.05) is 28.6 Å². The molecule has 0 spiro atoms. The summed E-state index contributed by atoms with van der Waals surface area (Å²) in [5, 5.41) is 10.1. The molecule has 2 rings (SSSR count). The van der Waals surface area contributed by atoms with E-state index in [1.54, 1.807) is 6.20 Å². The summed E-state index contributed by atoms with van der Waals surface area (Å²) in [6.45, 7) is 3.03. The second-order valence-electron chi connectivity index (χ2n) is 4.57. The van der Waals surface area contributed by atoms with E-state index in [1.807, 2.05) is 48.1 Å². The van der Waals surface area contributed by atoms with Crippen LogP contribution in [0.25, 0.3) is 0 Å². The van der Waals surface area contributed by atoms with E-state index in [4.69, 9.17) is 0 Å². The smallest absolute Gasteiger partial charge is 0.238 e. The average molecular weight is 337 g/mol. The summed E-state index contributed by atoms with van der Waals surface area (Å²) in [4.78, 5) is 11.8. The first-order chi connectivity index (χ1) is 9.63. The third kappa shape index (κ3) is 4.79. The van der Waals surface area contributed by atoms with Crippen molar-refractivity contribution in [3.05, 3.63) is 47.2 Å². The van der Waals surface area contributed by atoms with E-state index in [1.165, 1.54) is 0 Å². The van der Waals surface area contributed by atoms with Crippen molar-refractivity contribution >= 4 is 27.5 Å². The molecule has 0 bridgehead atoms. The summed E-state index contributed by atoms with van der Waals surface area (Å²) < 4.78 is 2.83. The van der Waals surface area contributed by atoms with Crippen molar-refractivity contribution < 1.29 is 4.79 Å². The van der Waals surface area contributed by atoms with Gasteiger partial charge in [-0.25, -0.2) is 0 Å². The van der Waals surface area contributed by atoms with Gasteiger partial charge in [-0.05, 0) is 37.3 Å². The monoisotopic (exact) mass is 336 g/mol. The number of nitrogens with one attached hydrogen (secondary N) is 2. The van der Waals surface area contributed by atoms with Crippen LogP contribution < -0.4 is 10.6 Å². The Morgan fingerprint density at radius 3 is 2.80 bits per heavy atom. The second kappa shape index (κ2) is 7.21. The maximum Gasteiger partial charge on any atom is 0.238 e. The highest BCUT2D eigenvalue weighted by molar-refractivity contribution is 9.10. The molecule has 0 radical (unpaired) electrons. The number of rotatable bonds is 6. The Labute approximate surface area is 126 Å². The Morgan fingerprint density at radius 1 is 1.40 bits per heavy atom. The zero-order valence-electron chi connectivity index (χ0n) is 11.2. The summed E-state index contributed by atoms with van der Waals surface area (Å²) in [5.74, 6) is -0.0559. The lowest BCUT2D eigenvalue weighted by Gasteiger charge is -2.13. The highest BCUT2D eigenvalue weighted by Gasteiger charge is 2.06. The van der Waals surface area contributed by atoms with Gasteiger partial charge >= 0.3 is 0 Å². The van der Waals surface area contributed by atoms with Gasteiger partial charge in [0.15, 0.2) is 0 Å². The van der Waals surface area contributed by atoms with Crippen LogP contribution >= 0.6 is 15.9 Å². The van der Waals surface area contributed by atoms with Crippen LogP contribution in [-0.2, 0) is 11.3 Å². The molecule has 0 aliphatic carbocycles. The molecule has 1 heterocycles. The van der Waals surface area contributed by atoms with Crippen molar-refractivity contribution in [1.29, 1.82) is 0 Å². The van der Waals surface area contributed by atoms with Gasteiger partial charge in [-0.2, -0.15) is 5.10 Å². The van der Waals surface area contributed by atoms with Gasteiger partial charge in [0.25, 0.3) is 0 Å². The molecular formula is C14H17BrN4O. The maximum absolute atomic E-state index is 11.8. The number of benzene rings is 1. The Hall–Kier alpha value is -1.66. The minimum Gasteiger partial charge on any atom is -0.325 e. The number of carbonyl (C=O) groups is 1. The number of hydrogen-bond acceptors (Lipinski definition) is 3. The van der Waals surface area contributed by atoms with Crippen LogP contribution in [-0.4, -0.2) is 28.3 Å². The van der Waals surface area contributed by atoms with E-state index in [-0.39, 0.29) is 18.5 Å². The molecule has 0 saturated carbocycles. The standard InChI is InChI=1S/C14H17BrN4O/c1-11(10-19-8-2-7-17-19)16-9-14(20)18-13-5-3-12(15)4-6-13/h2-8,11,16H,9-10H2,1H3,(H,18,20). The van der Waals surface area contributed by atoms with Crippen molar-refractivity contribution in [2.45, 2.75) is 19.5 Å². The highest BCUT2D eigenvalue weighted by Crippen LogP contribution is 2.13. The van der Waals surface area contributed by atoms with Crippen LogP contribution in [0, 0.1) is 0 Å². The maximum atomic E-state index is 11.8. The third-order valence-corrected chi connectivity index (χ3v) is 3.29. The quantitative estimate of drug-likeness (QED) is 0.850. The molecule has 1 amide bonds. The molecule has 5 nitrogen and oxygen atoms in total. The molecule has 1 atom stereocenters. The summed E-state index contributed by atoms with van der Waals surface area (Å²) >= 11 is 3.36. The number of hydrogen-bond donors (Lipinski definition) is 2. The molecule has 20 heavy (non-hydrogen) atoms. The zero-order valence-corrected chi connectivity index (χ0v) is 12.8. The fourth-order valence-corrected chi connectivity index (χ4v) is 2.02. The van der Waals surface area contributed by atoms with Crippen molar-refractivity contribution in [2.24, 2.45) is 0 Å². The number of halogens is 1. The molecule has 1 aromatic carbocycles. The Kier molecular flexibility index (Phi) is 5.31. The second-order valence-corrected chi connectivity index (χ2v) is 5.48. The fourth-order valence-electron chi connectivity index (χ4n) is 1.76. The SMILES string of the molecule is CC(Cn1cccn1)NCC(=O)Nc1ccc(Br)cc1. The van der Waals surface area contributed by atoms with Gasteiger partial charge in [0.2, 0.25) is 5.91 Å². The predicted molar refractivity (Wildman–Crippen MR) is 82.5 cm³/mol. The minimum atomic E-state index is -0.0559. The van der Waals surface area contributed by atoms with E-state index in [9.17, 15) is 4.79 Å². The summed E-state index contributed by atoms with van der Waals surface area (Å²) in [5.41, 5.74) is 0.791. The van der Waals surface area contributed by atoms with Crippen LogP contribution in [0.15, 0.2) is 47.2 Å². The summed E-state index contributed by atoms with van der Waals surface area (Å²) in [6, 6.07) is 9.55. The van der Waals surface area contributed by atoms with Crippen LogP contribution in [0.1, 0.15) is 6.92 Å². The van der Waals surface area contributed by atoms with E-state index in [0.29, 0.717) is 0 Å². The summed E-state index contributed by atoms with van der Waals surface area (Å²) in [6.07, 6.45) is 3.65. The van der Waals surface area contributed by atoms with Gasteiger partial charge in [0.1, 0.15) is 0 Å². The van der Waals surface area contributed by atoms with E-state index >= 15 is 0 Å². The number of carbonyl (C=O) groups excluding carboxylic acids is 1. The van der Waals surface area contributed by atoms with Crippen molar-refractivity contribution in [1.82, 2.24) is 15.1 Å². The van der Waals surface area contributed by atoms with Gasteiger partial charge in [0.05, 0.1) is 13.1 Å². The molecule has 0 aliphatic heterocycles. The van der Waals surface area contributed by atoms with Crippen LogP contribution in [0.2, 0.25) is 0 Å². The minimum absolute atomic E-state index is 0.0559. The van der Waals surface area contributed by atoms with Crippen molar-refractivity contribution in [3.8, 4) is 0 Å². The van der Waals surface area contributed by atoms with Crippen molar-refractivity contribution in [3.63, 3.8) is 0 Å². The van der Waals surface area contributed by atoms with Crippen LogP contribution in [0.4, 0.5) is 5.69 Å². The zero-order chi connectivity index (χ0) is 14.4. The molecule has 2 N–H and O–H groups in total. The average Bonchev–Trinajstić information content (AvgIpc) is 2.92. The normalized spacial score (nSPS) is 12.1. The lowest BCUT2D eigenvalue weighted by molar-refractivity contribution is -0.115. The number of nitrogens with zero attached hydrogens (tertiary/aromatic N) is 2. The molecule has 1 aromatic heterocycles. The van der Waals surface area contributed by atoms with Crippen LogP contribution in [0.5, 0.6) is 0 Å². The van der Waals surface area contributed by atoms with Crippen molar-refractivity contribution in [2.75, 3.05) is 11.9 Å². The van der Waals surface area contributed by atoms with E-state index in [2.05, 4.69) is 31.7 Å². The topological polar surface area (TPSA) is 59.0 Å². The molecule has 0 aliphatic rings. The lowest BCUT2D eigenvalue weighted by atomic mass is 10.3. The first kappa shape index (κ1) is 14.7.